The molecule has 0 saturated carbocycles. The number of hydrogen-bond donors (Lipinski definition) is 0. The fourth-order valence-corrected chi connectivity index (χ4v) is 4.99. The number of carbonyl (C=O) groups excluding carboxylic acids is 1. The maximum atomic E-state index is 15.0. The number of alkyl halides is 6. The lowest BCUT2D eigenvalue weighted by atomic mass is 9.93. The first-order valence-corrected chi connectivity index (χ1v) is 12.9. The molecule has 37 heavy (non-hydrogen) atoms. The van der Waals surface area contributed by atoms with Crippen LogP contribution < -0.4 is 0 Å². The van der Waals surface area contributed by atoms with E-state index in [1.807, 2.05) is 6.92 Å². The zero-order valence-corrected chi connectivity index (χ0v) is 22.1. The molecule has 0 spiro atoms. The van der Waals surface area contributed by atoms with Crippen molar-refractivity contribution in [1.29, 1.82) is 0 Å². The van der Waals surface area contributed by atoms with E-state index in [1.54, 1.807) is 6.92 Å². The van der Waals surface area contributed by atoms with Crippen molar-refractivity contribution in [3.63, 3.8) is 0 Å². The van der Waals surface area contributed by atoms with Gasteiger partial charge in [-0.25, -0.2) is 4.39 Å². The van der Waals surface area contributed by atoms with Crippen molar-refractivity contribution in [3.05, 3.63) is 80.8 Å². The topological polar surface area (TPSA) is 17.1 Å². The first kappa shape index (κ1) is 31.2. The molecule has 1 nitrogen and oxygen atoms in total. The fraction of sp³-hybridized carbons (Fsp3) is 0.346. The molecule has 0 aliphatic rings. The fourth-order valence-electron chi connectivity index (χ4n) is 3.58. The van der Waals surface area contributed by atoms with E-state index in [9.17, 15) is 31.1 Å². The molecule has 0 aliphatic carbocycles. The Hall–Kier alpha value is -1.97. The zero-order chi connectivity index (χ0) is 28.1. The molecule has 2 aromatic carbocycles. The van der Waals surface area contributed by atoms with E-state index in [1.165, 1.54) is 17.8 Å². The van der Waals surface area contributed by atoms with Crippen molar-refractivity contribution in [2.45, 2.75) is 38.5 Å². The van der Waals surface area contributed by atoms with E-state index < -0.39 is 52.1 Å². The number of carbonyl (C=O) groups is 1. The Morgan fingerprint density at radius 2 is 1.68 bits per heavy atom. The molecule has 0 N–H and O–H groups in total. The molecule has 202 valence electrons. The Morgan fingerprint density at radius 1 is 1.08 bits per heavy atom. The van der Waals surface area contributed by atoms with Gasteiger partial charge in [0.15, 0.2) is 5.78 Å². The molecule has 0 aromatic heterocycles. The predicted octanol–water partition coefficient (Wildman–Crippen LogP) is 10.3. The third kappa shape index (κ3) is 8.26. The van der Waals surface area contributed by atoms with Crippen molar-refractivity contribution in [2.24, 2.45) is 5.92 Å². The molecule has 11 heteroatoms. The number of rotatable bonds is 10. The quantitative estimate of drug-likeness (QED) is 0.203. The van der Waals surface area contributed by atoms with Crippen LogP contribution in [0.5, 0.6) is 0 Å². The van der Waals surface area contributed by atoms with Crippen LogP contribution in [0, 0.1) is 5.92 Å². The van der Waals surface area contributed by atoms with Crippen LogP contribution in [0.3, 0.4) is 0 Å². The number of thioether (sulfide) groups is 1. The number of allylic oxidation sites excluding steroid dienone is 1. The van der Waals surface area contributed by atoms with E-state index in [0.717, 1.165) is 30.0 Å². The lowest BCUT2D eigenvalue weighted by Crippen LogP contribution is -2.19. The van der Waals surface area contributed by atoms with E-state index >= 15 is 4.39 Å². The van der Waals surface area contributed by atoms with Crippen LogP contribution in [0.1, 0.15) is 58.8 Å². The summed E-state index contributed by atoms with van der Waals surface area (Å²) >= 11 is 13.5. The largest absolute Gasteiger partial charge is 0.417 e. The molecular formula is C26H23Cl2F7OS. The van der Waals surface area contributed by atoms with Crippen molar-refractivity contribution >= 4 is 52.6 Å². The summed E-state index contributed by atoms with van der Waals surface area (Å²) in [7, 11) is 0. The van der Waals surface area contributed by atoms with Gasteiger partial charge in [0, 0.05) is 33.2 Å². The average Bonchev–Trinajstić information content (AvgIpc) is 2.79. The molecule has 0 radical (unpaired) electrons. The van der Waals surface area contributed by atoms with E-state index in [2.05, 4.69) is 6.58 Å². The summed E-state index contributed by atoms with van der Waals surface area (Å²) in [6.45, 7) is 7.09. The lowest BCUT2D eigenvalue weighted by molar-refractivity contribution is -0.140. The van der Waals surface area contributed by atoms with E-state index in [-0.39, 0.29) is 34.0 Å². The Balaban J connectivity index is 2.53. The highest BCUT2D eigenvalue weighted by atomic mass is 35.5. The second-order valence-electron chi connectivity index (χ2n) is 8.29. The maximum absolute atomic E-state index is 15.0. The molecule has 2 atom stereocenters. The first-order valence-electron chi connectivity index (χ1n) is 11.0. The van der Waals surface area contributed by atoms with Gasteiger partial charge in [0.2, 0.25) is 0 Å². The van der Waals surface area contributed by atoms with Gasteiger partial charge in [-0.3, -0.25) is 4.79 Å². The van der Waals surface area contributed by atoms with Gasteiger partial charge in [-0.15, -0.1) is 0 Å². The molecule has 0 bridgehead atoms. The van der Waals surface area contributed by atoms with Crippen molar-refractivity contribution in [1.82, 2.24) is 0 Å². The molecule has 0 heterocycles. The van der Waals surface area contributed by atoms with E-state index in [4.69, 9.17) is 23.2 Å². The summed E-state index contributed by atoms with van der Waals surface area (Å²) in [5.74, 6) is -3.75. The van der Waals surface area contributed by atoms with Crippen LogP contribution >= 0.6 is 35.0 Å². The average molecular weight is 587 g/mol. The number of hydrogen-bond acceptors (Lipinski definition) is 2. The van der Waals surface area contributed by atoms with Gasteiger partial charge < -0.3 is 0 Å². The van der Waals surface area contributed by atoms with Gasteiger partial charge in [0.05, 0.1) is 5.56 Å². The van der Waals surface area contributed by atoms with Crippen LogP contribution in [-0.4, -0.2) is 23.5 Å². The van der Waals surface area contributed by atoms with Gasteiger partial charge in [-0.1, -0.05) is 61.8 Å². The minimum absolute atomic E-state index is 0.149. The van der Waals surface area contributed by atoms with Gasteiger partial charge >= 0.3 is 12.4 Å². The molecule has 2 aromatic rings. The monoisotopic (exact) mass is 586 g/mol. The van der Waals surface area contributed by atoms with Gasteiger partial charge in [0.1, 0.15) is 11.7 Å². The zero-order valence-electron chi connectivity index (χ0n) is 19.7. The lowest BCUT2D eigenvalue weighted by Gasteiger charge is -2.20. The summed E-state index contributed by atoms with van der Waals surface area (Å²) in [6, 6.07) is 3.87. The Labute approximate surface area is 224 Å². The summed E-state index contributed by atoms with van der Waals surface area (Å²) in [5.41, 5.74) is -3.17. The number of halogens is 9. The first-order chi connectivity index (χ1) is 17.1. The van der Waals surface area contributed by atoms with Crippen molar-refractivity contribution < 1.29 is 35.5 Å². The Kier molecular flexibility index (Phi) is 10.7. The second kappa shape index (κ2) is 12.7. The Bertz CT molecular complexity index is 1150. The molecule has 0 fully saturated rings. The highest BCUT2D eigenvalue weighted by molar-refractivity contribution is 7.99. The second-order valence-corrected chi connectivity index (χ2v) is 10.4. The van der Waals surface area contributed by atoms with Crippen LogP contribution in [0.25, 0.3) is 11.9 Å². The smallest absolute Gasteiger partial charge is 0.294 e. The molecule has 2 rings (SSSR count). The normalized spacial score (nSPS) is 14.4. The van der Waals surface area contributed by atoms with E-state index in [0.29, 0.717) is 11.8 Å². The highest BCUT2D eigenvalue weighted by Gasteiger charge is 2.41. The minimum atomic E-state index is -5.03. The number of Topliss-reactive ketones (excluding diaryl/α,β-unsaturated/α-hetero) is 1. The van der Waals surface area contributed by atoms with Gasteiger partial charge in [-0.05, 0) is 47.3 Å². The number of ketones is 1. The SMILES string of the molecule is C=Cc1c(Cl)cc(C(/C=C(\F)c2ccc(C(=O)C[C@H](C)CSCC)c(C(F)(F)F)c2)C(F)(F)F)cc1Cl. The van der Waals surface area contributed by atoms with Crippen LogP contribution in [0.2, 0.25) is 10.0 Å². The van der Waals surface area contributed by atoms with Crippen LogP contribution in [0.4, 0.5) is 30.7 Å². The van der Waals surface area contributed by atoms with Crippen molar-refractivity contribution in [2.75, 3.05) is 11.5 Å². The number of benzene rings is 2. The predicted molar refractivity (Wildman–Crippen MR) is 137 cm³/mol. The summed E-state index contributed by atoms with van der Waals surface area (Å²) in [4.78, 5) is 12.6. The van der Waals surface area contributed by atoms with Gasteiger partial charge in [-0.2, -0.15) is 38.1 Å². The van der Waals surface area contributed by atoms with Gasteiger partial charge in [0.25, 0.3) is 0 Å². The standard InChI is InChI=1S/C26H23Cl2F7OS/c1-4-17-21(27)10-16(11-22(17)28)19(25(30,31)32)12-23(29)15-6-7-18(20(9-15)26(33,34)35)24(36)8-14(3)13-37-5-2/h4,6-7,9-12,14,19H,1,5,8,13H2,2-3H3/b23-12-/t14-,19?/m0/s1. The third-order valence-electron chi connectivity index (χ3n) is 5.37. The summed E-state index contributed by atoms with van der Waals surface area (Å²) in [5, 5.41) is -0.316. The van der Waals surface area contributed by atoms with Crippen molar-refractivity contribution in [3.8, 4) is 0 Å². The summed E-state index contributed by atoms with van der Waals surface area (Å²) < 4.78 is 97.8. The van der Waals surface area contributed by atoms with Crippen LogP contribution in [-0.2, 0) is 6.18 Å². The third-order valence-corrected chi connectivity index (χ3v) is 7.21. The highest BCUT2D eigenvalue weighted by Crippen LogP contribution is 2.42. The van der Waals surface area contributed by atoms with Crippen LogP contribution in [0.15, 0.2) is 43.0 Å². The molecule has 0 saturated heterocycles. The molecular weight excluding hydrogens is 564 g/mol. The maximum Gasteiger partial charge on any atom is 0.417 e. The Morgan fingerprint density at radius 3 is 2.16 bits per heavy atom. The summed E-state index contributed by atoms with van der Waals surface area (Å²) in [6.07, 6.45) is -8.83. The molecule has 0 aliphatic heterocycles. The molecule has 0 amide bonds. The minimum Gasteiger partial charge on any atom is -0.294 e. The molecule has 1 unspecified atom stereocenters.